The lowest BCUT2D eigenvalue weighted by Gasteiger charge is -2.34. The second-order valence-electron chi connectivity index (χ2n) is 4.91. The van der Waals surface area contributed by atoms with E-state index in [2.05, 4.69) is 25.9 Å². The zero-order valence-corrected chi connectivity index (χ0v) is 14.2. The van der Waals surface area contributed by atoms with E-state index in [1.165, 1.54) is 4.31 Å². The fourth-order valence-electron chi connectivity index (χ4n) is 2.39. The van der Waals surface area contributed by atoms with E-state index in [9.17, 15) is 8.42 Å². The lowest BCUT2D eigenvalue weighted by molar-refractivity contribution is 0.383. The van der Waals surface area contributed by atoms with Crippen molar-refractivity contribution >= 4 is 31.8 Å². The van der Waals surface area contributed by atoms with Gasteiger partial charge in [0.15, 0.2) is 0 Å². The number of aromatic nitrogens is 2. The normalized spacial score (nSPS) is 16.7. The third-order valence-electron chi connectivity index (χ3n) is 3.55. The first kappa shape index (κ1) is 15.4. The number of anilines is 1. The lowest BCUT2D eigenvalue weighted by atomic mass is 10.3. The van der Waals surface area contributed by atoms with Gasteiger partial charge in [0.2, 0.25) is 10.0 Å². The topological polar surface area (TPSA) is 66.4 Å². The van der Waals surface area contributed by atoms with E-state index in [0.29, 0.717) is 31.1 Å². The van der Waals surface area contributed by atoms with E-state index in [1.54, 1.807) is 36.8 Å². The molecule has 22 heavy (non-hydrogen) atoms. The second kappa shape index (κ2) is 6.31. The predicted octanol–water partition coefficient (Wildman–Crippen LogP) is 1.75. The smallest absolute Gasteiger partial charge is 0.243 e. The summed E-state index contributed by atoms with van der Waals surface area (Å²) in [7, 11) is -3.45. The third-order valence-corrected chi connectivity index (χ3v) is 5.93. The molecule has 0 bridgehead atoms. The van der Waals surface area contributed by atoms with Crippen LogP contribution in [0.3, 0.4) is 0 Å². The van der Waals surface area contributed by atoms with Crippen molar-refractivity contribution in [1.29, 1.82) is 0 Å². The van der Waals surface area contributed by atoms with Gasteiger partial charge in [-0.15, -0.1) is 0 Å². The zero-order valence-electron chi connectivity index (χ0n) is 11.8. The fourth-order valence-corrected chi connectivity index (χ4v) is 4.41. The summed E-state index contributed by atoms with van der Waals surface area (Å²) in [4.78, 5) is 10.6. The number of rotatable bonds is 3. The van der Waals surface area contributed by atoms with Crippen molar-refractivity contribution in [2.24, 2.45) is 0 Å². The molecular formula is C14H15BrN4O2S. The molecule has 0 aliphatic carbocycles. The zero-order chi connectivity index (χ0) is 15.6. The summed E-state index contributed by atoms with van der Waals surface area (Å²) in [6.07, 6.45) is 4.95. The summed E-state index contributed by atoms with van der Waals surface area (Å²) in [5, 5.41) is 0. The first-order chi connectivity index (χ1) is 10.6. The van der Waals surface area contributed by atoms with Gasteiger partial charge in [-0.3, -0.25) is 4.98 Å². The van der Waals surface area contributed by atoms with Crippen molar-refractivity contribution in [2.45, 2.75) is 4.90 Å². The molecule has 0 amide bonds. The number of hydrogen-bond donors (Lipinski definition) is 0. The molecule has 0 unspecified atom stereocenters. The highest BCUT2D eigenvalue weighted by Crippen LogP contribution is 2.22. The maximum absolute atomic E-state index is 12.6. The van der Waals surface area contributed by atoms with Crippen molar-refractivity contribution in [1.82, 2.24) is 14.3 Å². The van der Waals surface area contributed by atoms with Crippen LogP contribution in [0.4, 0.5) is 5.82 Å². The minimum Gasteiger partial charge on any atom is -0.353 e. The Morgan fingerprint density at radius 3 is 2.50 bits per heavy atom. The lowest BCUT2D eigenvalue weighted by Crippen LogP contribution is -2.48. The molecule has 6 nitrogen and oxygen atoms in total. The highest BCUT2D eigenvalue weighted by Gasteiger charge is 2.28. The van der Waals surface area contributed by atoms with E-state index >= 15 is 0 Å². The van der Waals surface area contributed by atoms with E-state index in [0.717, 1.165) is 10.3 Å². The molecule has 3 rings (SSSR count). The van der Waals surface area contributed by atoms with Crippen molar-refractivity contribution in [3.05, 3.63) is 47.3 Å². The molecule has 116 valence electrons. The Labute approximate surface area is 138 Å². The SMILES string of the molecule is O=S(=O)(c1cccc(Br)c1)N1CCN(c2cnccn2)CC1. The maximum Gasteiger partial charge on any atom is 0.243 e. The Morgan fingerprint density at radius 1 is 1.09 bits per heavy atom. The average Bonchev–Trinajstić information content (AvgIpc) is 2.56. The molecule has 2 aromatic rings. The Hall–Kier alpha value is -1.51. The maximum atomic E-state index is 12.6. The van der Waals surface area contributed by atoms with Crippen LogP contribution < -0.4 is 4.90 Å². The molecule has 0 atom stereocenters. The molecule has 8 heteroatoms. The summed E-state index contributed by atoms with van der Waals surface area (Å²) in [6, 6.07) is 6.79. The van der Waals surface area contributed by atoms with E-state index in [-0.39, 0.29) is 0 Å². The van der Waals surface area contributed by atoms with Crippen LogP contribution in [0, 0.1) is 0 Å². The van der Waals surface area contributed by atoms with Crippen LogP contribution in [0.25, 0.3) is 0 Å². The molecule has 0 N–H and O–H groups in total. The van der Waals surface area contributed by atoms with Crippen molar-refractivity contribution in [3.8, 4) is 0 Å². The fraction of sp³-hybridized carbons (Fsp3) is 0.286. The van der Waals surface area contributed by atoms with Crippen LogP contribution in [0.15, 0.2) is 52.2 Å². The van der Waals surface area contributed by atoms with Crippen molar-refractivity contribution in [3.63, 3.8) is 0 Å². The molecule has 2 heterocycles. The molecule has 1 aliphatic heterocycles. The second-order valence-corrected chi connectivity index (χ2v) is 7.77. The molecule has 0 spiro atoms. The largest absolute Gasteiger partial charge is 0.353 e. The van der Waals surface area contributed by atoms with Crippen LogP contribution in [-0.4, -0.2) is 48.9 Å². The van der Waals surface area contributed by atoms with Crippen LogP contribution in [0.5, 0.6) is 0 Å². The van der Waals surface area contributed by atoms with Gasteiger partial charge in [-0.05, 0) is 18.2 Å². The number of nitrogens with zero attached hydrogens (tertiary/aromatic N) is 4. The minimum absolute atomic E-state index is 0.315. The van der Waals surface area contributed by atoms with E-state index in [1.807, 2.05) is 11.0 Å². The predicted molar refractivity (Wildman–Crippen MR) is 87.1 cm³/mol. The minimum atomic E-state index is -3.45. The third kappa shape index (κ3) is 3.13. The van der Waals surface area contributed by atoms with Gasteiger partial charge >= 0.3 is 0 Å². The molecule has 1 saturated heterocycles. The first-order valence-electron chi connectivity index (χ1n) is 6.84. The molecule has 0 radical (unpaired) electrons. The van der Waals surface area contributed by atoms with Crippen LogP contribution in [-0.2, 0) is 10.0 Å². The number of halogens is 1. The Kier molecular flexibility index (Phi) is 4.42. The molecule has 1 aromatic heterocycles. The van der Waals surface area contributed by atoms with Gasteiger partial charge < -0.3 is 4.90 Å². The molecular weight excluding hydrogens is 368 g/mol. The van der Waals surface area contributed by atoms with E-state index in [4.69, 9.17) is 0 Å². The number of piperazine rings is 1. The van der Waals surface area contributed by atoms with Crippen LogP contribution in [0.1, 0.15) is 0 Å². The van der Waals surface area contributed by atoms with Crippen LogP contribution in [0.2, 0.25) is 0 Å². The van der Waals surface area contributed by atoms with Gasteiger partial charge in [-0.1, -0.05) is 22.0 Å². The first-order valence-corrected chi connectivity index (χ1v) is 9.07. The van der Waals surface area contributed by atoms with Gasteiger partial charge in [-0.2, -0.15) is 4.31 Å². The van der Waals surface area contributed by atoms with Crippen molar-refractivity contribution in [2.75, 3.05) is 31.1 Å². The highest BCUT2D eigenvalue weighted by molar-refractivity contribution is 9.10. The average molecular weight is 383 g/mol. The van der Waals surface area contributed by atoms with Gasteiger partial charge in [0.05, 0.1) is 11.1 Å². The molecule has 1 aromatic carbocycles. The number of hydrogen-bond acceptors (Lipinski definition) is 5. The quantitative estimate of drug-likeness (QED) is 0.808. The van der Waals surface area contributed by atoms with Crippen LogP contribution >= 0.6 is 15.9 Å². The number of sulfonamides is 1. The standard InChI is InChI=1S/C14H15BrN4O2S/c15-12-2-1-3-13(10-12)22(20,21)19-8-6-18(7-9-19)14-11-16-4-5-17-14/h1-5,10-11H,6-9H2. The molecule has 1 aliphatic rings. The Balaban J connectivity index is 1.73. The Bertz CT molecular complexity index is 746. The number of benzene rings is 1. The monoisotopic (exact) mass is 382 g/mol. The summed E-state index contributed by atoms with van der Waals surface area (Å²) in [6.45, 7) is 2.08. The Morgan fingerprint density at radius 2 is 1.86 bits per heavy atom. The van der Waals surface area contributed by atoms with Gasteiger partial charge in [0, 0.05) is 43.0 Å². The van der Waals surface area contributed by atoms with Gasteiger partial charge in [0.25, 0.3) is 0 Å². The summed E-state index contributed by atoms with van der Waals surface area (Å²) in [5.41, 5.74) is 0. The summed E-state index contributed by atoms with van der Waals surface area (Å²) >= 11 is 3.31. The van der Waals surface area contributed by atoms with Gasteiger partial charge in [-0.25, -0.2) is 13.4 Å². The van der Waals surface area contributed by atoms with Gasteiger partial charge in [0.1, 0.15) is 5.82 Å². The molecule has 0 saturated carbocycles. The summed E-state index contributed by atoms with van der Waals surface area (Å²) in [5.74, 6) is 0.780. The highest BCUT2D eigenvalue weighted by atomic mass is 79.9. The van der Waals surface area contributed by atoms with Crippen molar-refractivity contribution < 1.29 is 8.42 Å². The molecule has 1 fully saturated rings. The summed E-state index contributed by atoms with van der Waals surface area (Å²) < 4.78 is 27.6. The van der Waals surface area contributed by atoms with E-state index < -0.39 is 10.0 Å².